The molecule has 1 aliphatic carbocycles. The Balaban J connectivity index is 2.01. The Morgan fingerprint density at radius 1 is 1.00 bits per heavy atom. The summed E-state index contributed by atoms with van der Waals surface area (Å²) in [5, 5.41) is 9.79. The van der Waals surface area contributed by atoms with E-state index in [1.807, 2.05) is 24.3 Å². The smallest absolute Gasteiger partial charge is 0.191 e. The van der Waals surface area contributed by atoms with Crippen LogP contribution in [-0.2, 0) is 9.47 Å². The predicted octanol–water partition coefficient (Wildman–Crippen LogP) is 6.10. The van der Waals surface area contributed by atoms with Crippen molar-refractivity contribution in [3.8, 4) is 11.5 Å². The van der Waals surface area contributed by atoms with Gasteiger partial charge < -0.3 is 19.3 Å². The second-order valence-corrected chi connectivity index (χ2v) is 7.61. The summed E-state index contributed by atoms with van der Waals surface area (Å²) < 4.78 is 16.1. The van der Waals surface area contributed by atoms with Crippen molar-refractivity contribution in [2.24, 2.45) is 0 Å². The molecule has 0 unspecified atom stereocenters. The van der Waals surface area contributed by atoms with Gasteiger partial charge >= 0.3 is 0 Å². The van der Waals surface area contributed by atoms with Gasteiger partial charge in [0.15, 0.2) is 6.29 Å². The Bertz CT molecular complexity index is 923. The fourth-order valence-electron chi connectivity index (χ4n) is 3.65. The Hall–Kier alpha value is -2.53. The highest BCUT2D eigenvalue weighted by Gasteiger charge is 2.17. The lowest BCUT2D eigenvalue weighted by Gasteiger charge is -2.20. The normalized spacial score (nSPS) is 14.4. The number of alkyl halides is 1. The van der Waals surface area contributed by atoms with Crippen LogP contribution < -0.4 is 4.74 Å². The molecule has 3 rings (SSSR count). The van der Waals surface area contributed by atoms with Gasteiger partial charge in [-0.25, -0.2) is 0 Å². The number of allylic oxidation sites excluding steroid dienone is 5. The van der Waals surface area contributed by atoms with E-state index in [1.165, 1.54) is 11.1 Å². The van der Waals surface area contributed by atoms with Gasteiger partial charge in [0.1, 0.15) is 18.1 Å². The summed E-state index contributed by atoms with van der Waals surface area (Å²) in [4.78, 5) is 0. The minimum atomic E-state index is -0.409. The topological polar surface area (TPSA) is 47.9 Å². The molecule has 5 heteroatoms. The number of phenolic OH excluding ortho intramolecular Hbond substituents is 1. The van der Waals surface area contributed by atoms with Crippen LogP contribution >= 0.6 is 11.6 Å². The minimum Gasteiger partial charge on any atom is -0.508 e. The first-order valence-corrected chi connectivity index (χ1v) is 10.9. The van der Waals surface area contributed by atoms with Crippen LogP contribution in [0.1, 0.15) is 30.4 Å². The average molecular weight is 441 g/mol. The monoisotopic (exact) mass is 440 g/mol. The van der Waals surface area contributed by atoms with Crippen molar-refractivity contribution in [2.75, 3.05) is 26.7 Å². The van der Waals surface area contributed by atoms with Crippen LogP contribution in [0.15, 0.2) is 77.9 Å². The zero-order valence-electron chi connectivity index (χ0n) is 18.0. The molecule has 2 aromatic carbocycles. The molecular formula is C26H29ClO4. The van der Waals surface area contributed by atoms with E-state index in [9.17, 15) is 5.11 Å². The summed E-state index contributed by atoms with van der Waals surface area (Å²) in [7, 11) is 3.17. The third kappa shape index (κ3) is 6.23. The Labute approximate surface area is 189 Å². The van der Waals surface area contributed by atoms with Gasteiger partial charge in [-0.1, -0.05) is 42.5 Å². The zero-order chi connectivity index (χ0) is 22.1. The fourth-order valence-corrected chi connectivity index (χ4v) is 3.84. The molecule has 0 aromatic heterocycles. The largest absolute Gasteiger partial charge is 0.508 e. The lowest BCUT2D eigenvalue weighted by atomic mass is 9.85. The quantitative estimate of drug-likeness (QED) is 0.358. The lowest BCUT2D eigenvalue weighted by Crippen LogP contribution is -2.21. The van der Waals surface area contributed by atoms with E-state index in [-0.39, 0.29) is 5.75 Å². The number of halogens is 1. The second kappa shape index (κ2) is 11.8. The molecule has 164 valence electrons. The van der Waals surface area contributed by atoms with Gasteiger partial charge in [-0.2, -0.15) is 0 Å². The molecule has 0 bridgehead atoms. The standard InChI is InChI=1S/C26H29ClO4/c1-29-25(30-2)18-31-23-14-10-21(11-15-23)26(20-8-12-22(28)13-9-20)24(16-17-27)19-6-4-3-5-7-19/h3-4,6,8-15,25,28H,5,7,16-18H2,1-2H3/b26-24-. The van der Waals surface area contributed by atoms with Crippen LogP contribution in [0.5, 0.6) is 11.5 Å². The number of methoxy groups -OCH3 is 2. The number of hydrogen-bond donors (Lipinski definition) is 1. The molecule has 2 aromatic rings. The highest BCUT2D eigenvalue weighted by atomic mass is 35.5. The Morgan fingerprint density at radius 3 is 2.19 bits per heavy atom. The number of benzene rings is 2. The molecule has 0 fully saturated rings. The summed E-state index contributed by atoms with van der Waals surface area (Å²) >= 11 is 6.22. The van der Waals surface area contributed by atoms with Crippen LogP contribution in [0.2, 0.25) is 0 Å². The van der Waals surface area contributed by atoms with Crippen molar-refractivity contribution in [2.45, 2.75) is 25.6 Å². The molecule has 0 saturated heterocycles. The van der Waals surface area contributed by atoms with E-state index < -0.39 is 6.29 Å². The third-order valence-corrected chi connectivity index (χ3v) is 5.45. The van der Waals surface area contributed by atoms with Gasteiger partial charge in [0, 0.05) is 20.1 Å². The van der Waals surface area contributed by atoms with E-state index in [2.05, 4.69) is 30.4 Å². The van der Waals surface area contributed by atoms with E-state index in [0.717, 1.165) is 41.7 Å². The van der Waals surface area contributed by atoms with Gasteiger partial charge in [0.25, 0.3) is 0 Å². The molecule has 0 spiro atoms. The van der Waals surface area contributed by atoms with Crippen molar-refractivity contribution in [1.29, 1.82) is 0 Å². The molecule has 0 radical (unpaired) electrons. The Morgan fingerprint density at radius 2 is 1.65 bits per heavy atom. The summed E-state index contributed by atoms with van der Waals surface area (Å²) in [5.74, 6) is 1.53. The first-order chi connectivity index (χ1) is 15.2. The second-order valence-electron chi connectivity index (χ2n) is 7.23. The third-order valence-electron chi connectivity index (χ3n) is 5.26. The van der Waals surface area contributed by atoms with Crippen LogP contribution in [0.4, 0.5) is 0 Å². The first-order valence-electron chi connectivity index (χ1n) is 10.4. The van der Waals surface area contributed by atoms with Gasteiger partial charge in [-0.3, -0.25) is 0 Å². The van der Waals surface area contributed by atoms with Crippen molar-refractivity contribution in [1.82, 2.24) is 0 Å². The van der Waals surface area contributed by atoms with Crippen LogP contribution in [0.25, 0.3) is 5.57 Å². The lowest BCUT2D eigenvalue weighted by molar-refractivity contribution is -0.121. The number of rotatable bonds is 10. The average Bonchev–Trinajstić information content (AvgIpc) is 2.82. The van der Waals surface area contributed by atoms with E-state index in [0.29, 0.717) is 12.5 Å². The molecule has 0 heterocycles. The SMILES string of the molecule is COC(COc1ccc(/C(=C(/CCCl)C2=CC=CCC2)c2ccc(O)cc2)cc1)OC. The van der Waals surface area contributed by atoms with Crippen LogP contribution in [-0.4, -0.2) is 38.1 Å². The van der Waals surface area contributed by atoms with Crippen LogP contribution in [0.3, 0.4) is 0 Å². The minimum absolute atomic E-state index is 0.247. The maximum atomic E-state index is 9.79. The summed E-state index contributed by atoms with van der Waals surface area (Å²) in [6.07, 6.45) is 8.84. The van der Waals surface area contributed by atoms with Crippen molar-refractivity contribution >= 4 is 17.2 Å². The molecule has 1 N–H and O–H groups in total. The first kappa shape index (κ1) is 23.1. The van der Waals surface area contributed by atoms with Crippen molar-refractivity contribution in [3.63, 3.8) is 0 Å². The van der Waals surface area contributed by atoms with E-state index in [1.54, 1.807) is 26.4 Å². The van der Waals surface area contributed by atoms with Crippen molar-refractivity contribution in [3.05, 3.63) is 89.0 Å². The maximum absolute atomic E-state index is 9.79. The molecule has 0 amide bonds. The Kier molecular flexibility index (Phi) is 8.77. The number of hydrogen-bond acceptors (Lipinski definition) is 4. The van der Waals surface area contributed by atoms with E-state index >= 15 is 0 Å². The molecule has 0 aliphatic heterocycles. The summed E-state index contributed by atoms with van der Waals surface area (Å²) in [6, 6.07) is 15.3. The highest BCUT2D eigenvalue weighted by molar-refractivity contribution is 6.18. The predicted molar refractivity (Wildman–Crippen MR) is 126 cm³/mol. The highest BCUT2D eigenvalue weighted by Crippen LogP contribution is 2.36. The zero-order valence-corrected chi connectivity index (χ0v) is 18.8. The van der Waals surface area contributed by atoms with E-state index in [4.69, 9.17) is 25.8 Å². The van der Waals surface area contributed by atoms with Gasteiger partial charge in [0.2, 0.25) is 0 Å². The molecule has 0 saturated carbocycles. The molecular weight excluding hydrogens is 412 g/mol. The molecule has 1 aliphatic rings. The van der Waals surface area contributed by atoms with Gasteiger partial charge in [0.05, 0.1) is 0 Å². The van der Waals surface area contributed by atoms with Crippen LogP contribution in [0, 0.1) is 0 Å². The number of aromatic hydroxyl groups is 1. The number of ether oxygens (including phenoxy) is 3. The maximum Gasteiger partial charge on any atom is 0.191 e. The van der Waals surface area contributed by atoms with Gasteiger partial charge in [-0.15, -0.1) is 11.6 Å². The molecule has 4 nitrogen and oxygen atoms in total. The molecule has 31 heavy (non-hydrogen) atoms. The van der Waals surface area contributed by atoms with Gasteiger partial charge in [-0.05, 0) is 71.4 Å². The molecule has 0 atom stereocenters. The van der Waals surface area contributed by atoms with Crippen molar-refractivity contribution < 1.29 is 19.3 Å². The summed E-state index contributed by atoms with van der Waals surface area (Å²) in [6.45, 7) is 0.309. The number of phenols is 1. The summed E-state index contributed by atoms with van der Waals surface area (Å²) in [5.41, 5.74) is 5.78. The fraction of sp³-hybridized carbons (Fsp3) is 0.308.